The van der Waals surface area contributed by atoms with Gasteiger partial charge in [0.15, 0.2) is 0 Å². The van der Waals surface area contributed by atoms with E-state index >= 15 is 0 Å². The van der Waals surface area contributed by atoms with Crippen molar-refractivity contribution in [2.24, 2.45) is 5.92 Å². The lowest BCUT2D eigenvalue weighted by Crippen LogP contribution is -2.30. The van der Waals surface area contributed by atoms with Crippen LogP contribution in [0.1, 0.15) is 13.3 Å². The Hall–Kier alpha value is -1.84. The standard InChI is InChI=1S/C12H15NO3/c1-3-10(12(15)16-2)11(14)13-9-7-5-4-6-8-9/h4-8,10H,3H2,1-2H3,(H,13,14). The molecule has 1 atom stereocenters. The van der Waals surface area contributed by atoms with Gasteiger partial charge in [-0.15, -0.1) is 0 Å². The molecule has 86 valence electrons. The second kappa shape index (κ2) is 5.90. The Bertz CT molecular complexity index is 362. The molecule has 0 aromatic heterocycles. The first-order chi connectivity index (χ1) is 7.69. The molecule has 0 heterocycles. The summed E-state index contributed by atoms with van der Waals surface area (Å²) >= 11 is 0. The predicted molar refractivity (Wildman–Crippen MR) is 60.9 cm³/mol. The van der Waals surface area contributed by atoms with Crippen molar-refractivity contribution < 1.29 is 14.3 Å². The molecule has 1 rings (SSSR count). The maximum Gasteiger partial charge on any atom is 0.318 e. The Balaban J connectivity index is 2.67. The van der Waals surface area contributed by atoms with Crippen LogP contribution in [-0.4, -0.2) is 19.0 Å². The van der Waals surface area contributed by atoms with Crippen molar-refractivity contribution >= 4 is 17.6 Å². The number of carbonyl (C=O) groups excluding carboxylic acids is 2. The maximum absolute atomic E-state index is 11.7. The lowest BCUT2D eigenvalue weighted by molar-refractivity contribution is -0.148. The highest BCUT2D eigenvalue weighted by Gasteiger charge is 2.25. The first-order valence-corrected chi connectivity index (χ1v) is 5.12. The summed E-state index contributed by atoms with van der Waals surface area (Å²) in [5.74, 6) is -1.58. The first kappa shape index (κ1) is 12.2. The molecule has 1 aromatic carbocycles. The smallest absolute Gasteiger partial charge is 0.318 e. The number of rotatable bonds is 4. The molecule has 0 saturated heterocycles. The van der Waals surface area contributed by atoms with E-state index in [2.05, 4.69) is 10.1 Å². The van der Waals surface area contributed by atoms with Crippen molar-refractivity contribution in [2.75, 3.05) is 12.4 Å². The molecule has 16 heavy (non-hydrogen) atoms. The normalized spacial score (nSPS) is 11.6. The Kier molecular flexibility index (Phi) is 4.51. The molecule has 0 aliphatic rings. The molecule has 1 unspecified atom stereocenters. The number of nitrogens with one attached hydrogen (secondary N) is 1. The topological polar surface area (TPSA) is 55.4 Å². The van der Waals surface area contributed by atoms with Crippen LogP contribution in [0.5, 0.6) is 0 Å². The molecular weight excluding hydrogens is 206 g/mol. The van der Waals surface area contributed by atoms with Gasteiger partial charge < -0.3 is 10.1 Å². The summed E-state index contributed by atoms with van der Waals surface area (Å²) in [6.07, 6.45) is 0.422. The molecule has 1 amide bonds. The van der Waals surface area contributed by atoms with Crippen LogP contribution in [0.25, 0.3) is 0 Å². The minimum absolute atomic E-state index is 0.333. The lowest BCUT2D eigenvalue weighted by atomic mass is 10.1. The molecule has 0 bridgehead atoms. The number of para-hydroxylation sites is 1. The summed E-state index contributed by atoms with van der Waals surface area (Å²) < 4.78 is 4.56. The highest BCUT2D eigenvalue weighted by Crippen LogP contribution is 2.11. The van der Waals surface area contributed by atoms with Crippen LogP contribution in [-0.2, 0) is 14.3 Å². The fraction of sp³-hybridized carbons (Fsp3) is 0.333. The molecule has 0 spiro atoms. The molecule has 0 radical (unpaired) electrons. The van der Waals surface area contributed by atoms with Gasteiger partial charge in [0.1, 0.15) is 5.92 Å². The van der Waals surface area contributed by atoms with E-state index in [9.17, 15) is 9.59 Å². The molecule has 0 aliphatic heterocycles. The van der Waals surface area contributed by atoms with Gasteiger partial charge in [-0.1, -0.05) is 25.1 Å². The number of benzene rings is 1. The maximum atomic E-state index is 11.7. The zero-order valence-electron chi connectivity index (χ0n) is 9.40. The van der Waals surface area contributed by atoms with Crippen LogP contribution in [0.2, 0.25) is 0 Å². The molecular formula is C12H15NO3. The summed E-state index contributed by atoms with van der Waals surface area (Å²) in [6, 6.07) is 9.01. The Morgan fingerprint density at radius 3 is 2.44 bits per heavy atom. The first-order valence-electron chi connectivity index (χ1n) is 5.12. The number of anilines is 1. The van der Waals surface area contributed by atoms with Crippen molar-refractivity contribution in [1.82, 2.24) is 0 Å². The number of hydrogen-bond donors (Lipinski definition) is 1. The number of ether oxygens (including phenoxy) is 1. The lowest BCUT2D eigenvalue weighted by Gasteiger charge is -2.12. The zero-order chi connectivity index (χ0) is 12.0. The van der Waals surface area contributed by atoms with Crippen LogP contribution in [0.15, 0.2) is 30.3 Å². The Morgan fingerprint density at radius 1 is 1.31 bits per heavy atom. The number of methoxy groups -OCH3 is 1. The number of esters is 1. The van der Waals surface area contributed by atoms with Crippen LogP contribution in [0.4, 0.5) is 5.69 Å². The summed E-state index contributed by atoms with van der Waals surface area (Å²) in [5.41, 5.74) is 0.676. The Labute approximate surface area is 94.6 Å². The quantitative estimate of drug-likeness (QED) is 0.623. The van der Waals surface area contributed by atoms with E-state index in [-0.39, 0.29) is 5.91 Å². The van der Waals surface area contributed by atoms with Crippen LogP contribution >= 0.6 is 0 Å². The Morgan fingerprint density at radius 2 is 1.94 bits per heavy atom. The molecule has 0 fully saturated rings. The van der Waals surface area contributed by atoms with E-state index < -0.39 is 11.9 Å². The molecule has 0 saturated carbocycles. The van der Waals surface area contributed by atoms with Crippen molar-refractivity contribution in [3.05, 3.63) is 30.3 Å². The molecule has 4 nitrogen and oxygen atoms in total. The number of hydrogen-bond acceptors (Lipinski definition) is 3. The predicted octanol–water partition coefficient (Wildman–Crippen LogP) is 1.82. The van der Waals surface area contributed by atoms with Gasteiger partial charge in [0, 0.05) is 5.69 Å². The summed E-state index contributed by atoms with van der Waals surface area (Å²) in [6.45, 7) is 1.77. The summed E-state index contributed by atoms with van der Waals surface area (Å²) in [5, 5.41) is 2.67. The van der Waals surface area contributed by atoms with E-state index in [0.717, 1.165) is 0 Å². The molecule has 0 aliphatic carbocycles. The average molecular weight is 221 g/mol. The second-order valence-corrected chi connectivity index (χ2v) is 3.34. The highest BCUT2D eigenvalue weighted by molar-refractivity contribution is 6.04. The van der Waals surface area contributed by atoms with Crippen molar-refractivity contribution in [3.8, 4) is 0 Å². The van der Waals surface area contributed by atoms with Gasteiger partial charge in [0.05, 0.1) is 7.11 Å². The van der Waals surface area contributed by atoms with Gasteiger partial charge >= 0.3 is 5.97 Å². The third-order valence-electron chi connectivity index (χ3n) is 2.25. The minimum atomic E-state index is -0.745. The minimum Gasteiger partial charge on any atom is -0.468 e. The average Bonchev–Trinajstić information content (AvgIpc) is 2.31. The molecule has 1 N–H and O–H groups in total. The van der Waals surface area contributed by atoms with Crippen molar-refractivity contribution in [3.63, 3.8) is 0 Å². The van der Waals surface area contributed by atoms with Crippen LogP contribution in [0, 0.1) is 5.92 Å². The van der Waals surface area contributed by atoms with E-state index in [1.165, 1.54) is 7.11 Å². The van der Waals surface area contributed by atoms with Crippen LogP contribution in [0.3, 0.4) is 0 Å². The summed E-state index contributed by atoms with van der Waals surface area (Å²) in [7, 11) is 1.28. The van der Waals surface area contributed by atoms with E-state index in [1.807, 2.05) is 18.2 Å². The summed E-state index contributed by atoms with van der Waals surface area (Å²) in [4.78, 5) is 23.0. The SMILES string of the molecule is CCC(C(=O)Nc1ccccc1)C(=O)OC. The van der Waals surface area contributed by atoms with Gasteiger partial charge in [-0.2, -0.15) is 0 Å². The van der Waals surface area contributed by atoms with Gasteiger partial charge in [0.2, 0.25) is 5.91 Å². The fourth-order valence-electron chi connectivity index (χ4n) is 1.35. The third kappa shape index (κ3) is 3.08. The van der Waals surface area contributed by atoms with Crippen molar-refractivity contribution in [2.45, 2.75) is 13.3 Å². The third-order valence-corrected chi connectivity index (χ3v) is 2.25. The van der Waals surface area contributed by atoms with Gasteiger partial charge in [-0.05, 0) is 18.6 Å². The van der Waals surface area contributed by atoms with Gasteiger partial charge in [0.25, 0.3) is 0 Å². The number of amides is 1. The monoisotopic (exact) mass is 221 g/mol. The highest BCUT2D eigenvalue weighted by atomic mass is 16.5. The molecule has 4 heteroatoms. The largest absolute Gasteiger partial charge is 0.468 e. The van der Waals surface area contributed by atoms with E-state index in [0.29, 0.717) is 12.1 Å². The fourth-order valence-corrected chi connectivity index (χ4v) is 1.35. The second-order valence-electron chi connectivity index (χ2n) is 3.34. The van der Waals surface area contributed by atoms with Crippen molar-refractivity contribution in [1.29, 1.82) is 0 Å². The van der Waals surface area contributed by atoms with E-state index in [1.54, 1.807) is 19.1 Å². The number of carbonyl (C=O) groups is 2. The van der Waals surface area contributed by atoms with Crippen LogP contribution < -0.4 is 5.32 Å². The molecule has 1 aromatic rings. The van der Waals surface area contributed by atoms with Gasteiger partial charge in [-0.3, -0.25) is 9.59 Å². The van der Waals surface area contributed by atoms with E-state index in [4.69, 9.17) is 0 Å². The van der Waals surface area contributed by atoms with Gasteiger partial charge in [-0.25, -0.2) is 0 Å². The zero-order valence-corrected chi connectivity index (χ0v) is 9.40.